The summed E-state index contributed by atoms with van der Waals surface area (Å²) in [5.41, 5.74) is 2.90. The van der Waals surface area contributed by atoms with E-state index in [-0.39, 0.29) is 5.54 Å². The zero-order chi connectivity index (χ0) is 20.6. The van der Waals surface area contributed by atoms with Crippen molar-refractivity contribution in [1.82, 2.24) is 24.6 Å². The lowest BCUT2D eigenvalue weighted by molar-refractivity contribution is 0.165. The molecule has 6 heteroatoms. The third-order valence-corrected chi connectivity index (χ3v) is 6.14. The van der Waals surface area contributed by atoms with Crippen LogP contribution in [0.15, 0.2) is 67.1 Å². The Bertz CT molecular complexity index is 1160. The first-order chi connectivity index (χ1) is 14.6. The van der Waals surface area contributed by atoms with Crippen LogP contribution >= 0.6 is 0 Å². The van der Waals surface area contributed by atoms with E-state index in [1.54, 1.807) is 6.33 Å². The smallest absolute Gasteiger partial charge is 0.161 e. The zero-order valence-electron chi connectivity index (χ0n) is 17.3. The minimum Gasteiger partial charge on any atom is -0.457 e. The molecule has 1 atom stereocenters. The molecule has 3 heterocycles. The van der Waals surface area contributed by atoms with E-state index in [4.69, 9.17) is 9.84 Å². The predicted molar refractivity (Wildman–Crippen MR) is 118 cm³/mol. The predicted octanol–water partition coefficient (Wildman–Crippen LogP) is 4.77. The highest BCUT2D eigenvalue weighted by Gasteiger charge is 2.35. The lowest BCUT2D eigenvalue weighted by Crippen LogP contribution is -2.42. The normalized spacial score (nSPS) is 19.4. The van der Waals surface area contributed by atoms with Crippen molar-refractivity contribution in [3.63, 3.8) is 0 Å². The van der Waals surface area contributed by atoms with Gasteiger partial charge in [0, 0.05) is 17.3 Å². The Morgan fingerprint density at radius 2 is 1.80 bits per heavy atom. The summed E-state index contributed by atoms with van der Waals surface area (Å²) in [6, 6.07) is 17.8. The average Bonchev–Trinajstić information content (AvgIpc) is 3.30. The van der Waals surface area contributed by atoms with Crippen molar-refractivity contribution in [3.05, 3.63) is 67.1 Å². The van der Waals surface area contributed by atoms with Gasteiger partial charge in [-0.25, -0.2) is 14.6 Å². The minimum absolute atomic E-state index is 0.0918. The topological polar surface area (TPSA) is 56.1 Å². The molecule has 152 valence electrons. The van der Waals surface area contributed by atoms with Gasteiger partial charge < -0.3 is 4.74 Å². The highest BCUT2D eigenvalue weighted by molar-refractivity contribution is 5.90. The van der Waals surface area contributed by atoms with Gasteiger partial charge >= 0.3 is 0 Å². The van der Waals surface area contributed by atoms with Crippen molar-refractivity contribution in [2.45, 2.75) is 31.8 Å². The Labute approximate surface area is 176 Å². The van der Waals surface area contributed by atoms with Crippen molar-refractivity contribution in [1.29, 1.82) is 0 Å². The molecular formula is C24H25N5O. The van der Waals surface area contributed by atoms with Crippen molar-refractivity contribution < 1.29 is 4.74 Å². The molecule has 4 aromatic rings. The number of fused-ring (bicyclic) bond motifs is 1. The molecule has 2 aromatic carbocycles. The first kappa shape index (κ1) is 18.8. The standard InChI is InChI=1S/C24H25N5O/c1-24(13-6-14-28(24)2)16-29-23-21(15-25-17-26-23)22(27-29)18-9-11-20(12-10-18)30-19-7-4-3-5-8-19/h3-5,7-12,15,17H,6,13-14,16H2,1-2H3. The summed E-state index contributed by atoms with van der Waals surface area (Å²) in [4.78, 5) is 11.2. The average molecular weight is 399 g/mol. The molecule has 1 aliphatic rings. The maximum absolute atomic E-state index is 5.92. The minimum atomic E-state index is 0.0918. The van der Waals surface area contributed by atoms with Crippen LogP contribution in [-0.4, -0.2) is 43.8 Å². The number of rotatable bonds is 5. The van der Waals surface area contributed by atoms with Crippen LogP contribution in [0.3, 0.4) is 0 Å². The number of benzene rings is 2. The Hall–Kier alpha value is -3.25. The van der Waals surface area contributed by atoms with E-state index in [0.717, 1.165) is 53.3 Å². The maximum Gasteiger partial charge on any atom is 0.161 e. The molecule has 1 saturated heterocycles. The summed E-state index contributed by atoms with van der Waals surface area (Å²) in [6.07, 6.45) is 5.84. The Morgan fingerprint density at radius 3 is 2.53 bits per heavy atom. The van der Waals surface area contributed by atoms with E-state index in [1.807, 2.05) is 65.5 Å². The van der Waals surface area contributed by atoms with Crippen LogP contribution < -0.4 is 4.74 Å². The second kappa shape index (κ2) is 7.54. The van der Waals surface area contributed by atoms with Crippen LogP contribution in [0.5, 0.6) is 11.5 Å². The third-order valence-electron chi connectivity index (χ3n) is 6.14. The van der Waals surface area contributed by atoms with Crippen molar-refractivity contribution in [2.75, 3.05) is 13.6 Å². The van der Waals surface area contributed by atoms with Crippen molar-refractivity contribution in [3.8, 4) is 22.8 Å². The molecule has 0 radical (unpaired) electrons. The van der Waals surface area contributed by atoms with Crippen molar-refractivity contribution >= 4 is 11.0 Å². The fraction of sp³-hybridized carbons (Fsp3) is 0.292. The van der Waals surface area contributed by atoms with Gasteiger partial charge in [0.15, 0.2) is 5.65 Å². The van der Waals surface area contributed by atoms with E-state index in [0.29, 0.717) is 0 Å². The first-order valence-electron chi connectivity index (χ1n) is 10.3. The monoisotopic (exact) mass is 399 g/mol. The van der Waals surface area contributed by atoms with E-state index in [1.165, 1.54) is 6.42 Å². The number of nitrogens with zero attached hydrogens (tertiary/aromatic N) is 5. The molecule has 5 rings (SSSR count). The van der Waals surface area contributed by atoms with E-state index in [9.17, 15) is 0 Å². The van der Waals surface area contributed by atoms with E-state index in [2.05, 4.69) is 28.8 Å². The first-order valence-corrected chi connectivity index (χ1v) is 10.3. The summed E-state index contributed by atoms with van der Waals surface area (Å²) in [5.74, 6) is 1.62. The number of likely N-dealkylation sites (N-methyl/N-ethyl adjacent to an activating group) is 1. The molecule has 0 saturated carbocycles. The molecule has 0 spiro atoms. The van der Waals surface area contributed by atoms with Gasteiger partial charge in [0.05, 0.1) is 11.9 Å². The summed E-state index contributed by atoms with van der Waals surface area (Å²) in [5, 5.41) is 5.93. The Morgan fingerprint density at radius 1 is 1.03 bits per heavy atom. The van der Waals surface area contributed by atoms with E-state index >= 15 is 0 Å². The Kier molecular flexibility index (Phi) is 4.71. The van der Waals surface area contributed by atoms with Crippen LogP contribution in [-0.2, 0) is 6.54 Å². The number of para-hydroxylation sites is 1. The van der Waals surface area contributed by atoms with Crippen LogP contribution in [0, 0.1) is 0 Å². The van der Waals surface area contributed by atoms with Gasteiger partial charge in [0.1, 0.15) is 23.5 Å². The molecule has 2 aromatic heterocycles. The fourth-order valence-electron chi connectivity index (χ4n) is 4.23. The van der Waals surface area contributed by atoms with Crippen LogP contribution in [0.25, 0.3) is 22.3 Å². The summed E-state index contributed by atoms with van der Waals surface area (Å²) in [7, 11) is 2.19. The molecule has 1 aliphatic heterocycles. The van der Waals surface area contributed by atoms with Gasteiger partial charge in [-0.05, 0) is 69.8 Å². The number of ether oxygens (including phenoxy) is 1. The quantitative estimate of drug-likeness (QED) is 0.484. The molecule has 30 heavy (non-hydrogen) atoms. The lowest BCUT2D eigenvalue weighted by atomic mass is 9.99. The SMILES string of the molecule is CN1CCCC1(C)Cn1nc(-c2ccc(Oc3ccccc3)cc2)c2cncnc21. The molecule has 0 N–H and O–H groups in total. The molecule has 1 unspecified atom stereocenters. The molecule has 0 aliphatic carbocycles. The summed E-state index contributed by atoms with van der Waals surface area (Å²) < 4.78 is 7.96. The maximum atomic E-state index is 5.92. The molecule has 1 fully saturated rings. The second-order valence-electron chi connectivity index (χ2n) is 8.23. The third kappa shape index (κ3) is 3.44. The van der Waals surface area contributed by atoms with Gasteiger partial charge in [-0.2, -0.15) is 5.10 Å². The van der Waals surface area contributed by atoms with Gasteiger partial charge in [0.25, 0.3) is 0 Å². The molecule has 0 amide bonds. The number of likely N-dealkylation sites (tertiary alicyclic amines) is 1. The van der Waals surface area contributed by atoms with Crippen LogP contribution in [0.1, 0.15) is 19.8 Å². The zero-order valence-corrected chi connectivity index (χ0v) is 17.3. The number of hydrogen-bond acceptors (Lipinski definition) is 5. The van der Waals surface area contributed by atoms with Gasteiger partial charge in [-0.15, -0.1) is 0 Å². The van der Waals surface area contributed by atoms with Gasteiger partial charge in [-0.1, -0.05) is 18.2 Å². The lowest BCUT2D eigenvalue weighted by Gasteiger charge is -2.32. The number of aromatic nitrogens is 4. The molecule has 0 bridgehead atoms. The van der Waals surface area contributed by atoms with E-state index < -0.39 is 0 Å². The highest BCUT2D eigenvalue weighted by Crippen LogP contribution is 2.33. The summed E-state index contributed by atoms with van der Waals surface area (Å²) >= 11 is 0. The van der Waals surface area contributed by atoms with Crippen LogP contribution in [0.2, 0.25) is 0 Å². The van der Waals surface area contributed by atoms with Gasteiger partial charge in [0.2, 0.25) is 0 Å². The summed E-state index contributed by atoms with van der Waals surface area (Å²) in [6.45, 7) is 4.25. The van der Waals surface area contributed by atoms with Gasteiger partial charge in [-0.3, -0.25) is 4.90 Å². The van der Waals surface area contributed by atoms with Crippen LogP contribution in [0.4, 0.5) is 0 Å². The fourth-order valence-corrected chi connectivity index (χ4v) is 4.23. The second-order valence-corrected chi connectivity index (χ2v) is 8.23. The highest BCUT2D eigenvalue weighted by atomic mass is 16.5. The molecular weight excluding hydrogens is 374 g/mol. The molecule has 6 nitrogen and oxygen atoms in total. The Balaban J connectivity index is 1.47. The van der Waals surface area contributed by atoms with Crippen molar-refractivity contribution in [2.24, 2.45) is 0 Å². The number of hydrogen-bond donors (Lipinski definition) is 0. The largest absolute Gasteiger partial charge is 0.457 e.